The number of nitrogens with two attached hydrogens (primary N) is 1. The van der Waals surface area contributed by atoms with Gasteiger partial charge in [0.15, 0.2) is 12.2 Å². The van der Waals surface area contributed by atoms with Gasteiger partial charge in [-0.2, -0.15) is 4.98 Å². The van der Waals surface area contributed by atoms with Crippen molar-refractivity contribution < 1.29 is 13.6 Å². The summed E-state index contributed by atoms with van der Waals surface area (Å²) in [6.45, 7) is 0. The molecule has 4 atom stereocenters. The number of carbonyl (C=O) groups excluding carboxylic acids is 1. The van der Waals surface area contributed by atoms with Crippen LogP contribution in [0.25, 0.3) is 22.5 Å². The Bertz CT molecular complexity index is 1450. The number of benzene rings is 2. The number of nitrogens with one attached hydrogen (secondary N) is 2. The summed E-state index contributed by atoms with van der Waals surface area (Å²) in [7, 11) is 0. The van der Waals surface area contributed by atoms with E-state index in [0.717, 1.165) is 17.7 Å². The molecule has 0 spiro atoms. The summed E-state index contributed by atoms with van der Waals surface area (Å²) in [6.07, 6.45) is 9.73. The third kappa shape index (κ3) is 4.08. The number of halogens is 1. The maximum atomic E-state index is 14.0. The first-order chi connectivity index (χ1) is 17.5. The molecule has 180 valence electrons. The minimum Gasteiger partial charge on any atom is -0.444 e. The smallest absolute Gasteiger partial charge is 0.229 e. The van der Waals surface area contributed by atoms with Gasteiger partial charge in [0.05, 0.1) is 12.1 Å². The Balaban J connectivity index is 1.35. The Kier molecular flexibility index (Phi) is 5.44. The van der Waals surface area contributed by atoms with Crippen LogP contribution in [0.1, 0.15) is 6.42 Å². The maximum Gasteiger partial charge on any atom is 0.229 e. The van der Waals surface area contributed by atoms with Gasteiger partial charge in [-0.3, -0.25) is 4.79 Å². The van der Waals surface area contributed by atoms with Crippen molar-refractivity contribution in [3.05, 3.63) is 85.3 Å². The molecular weight excluding hydrogens is 459 g/mol. The zero-order valence-electron chi connectivity index (χ0n) is 19.1. The minimum absolute atomic E-state index is 0.112. The monoisotopic (exact) mass is 482 g/mol. The SMILES string of the molecule is NC(=O)[C@@H]1[C@H](Nc2nc(Nc3cccc(-c4cnco4)c3)ncc2-c2cccc(F)c2)[C@H]2C=C[C@@H]1C2. The molecule has 9 heteroatoms. The first-order valence-corrected chi connectivity index (χ1v) is 11.7. The Morgan fingerprint density at radius 2 is 1.89 bits per heavy atom. The van der Waals surface area contributed by atoms with E-state index in [1.807, 2.05) is 24.3 Å². The summed E-state index contributed by atoms with van der Waals surface area (Å²) in [4.78, 5) is 25.5. The molecule has 0 unspecified atom stereocenters. The molecular formula is C27H23FN6O2. The zero-order valence-corrected chi connectivity index (χ0v) is 19.1. The van der Waals surface area contributed by atoms with Gasteiger partial charge in [-0.05, 0) is 48.1 Å². The van der Waals surface area contributed by atoms with E-state index in [4.69, 9.17) is 15.1 Å². The van der Waals surface area contributed by atoms with E-state index in [9.17, 15) is 9.18 Å². The van der Waals surface area contributed by atoms with Gasteiger partial charge in [0, 0.05) is 29.1 Å². The van der Waals surface area contributed by atoms with E-state index in [0.29, 0.717) is 28.7 Å². The highest BCUT2D eigenvalue weighted by Crippen LogP contribution is 2.45. The molecule has 2 aromatic carbocycles. The number of primary amides is 1. The van der Waals surface area contributed by atoms with E-state index in [2.05, 4.69) is 32.8 Å². The van der Waals surface area contributed by atoms with E-state index >= 15 is 0 Å². The highest BCUT2D eigenvalue weighted by atomic mass is 19.1. The first-order valence-electron chi connectivity index (χ1n) is 11.7. The summed E-state index contributed by atoms with van der Waals surface area (Å²) >= 11 is 0. The van der Waals surface area contributed by atoms with Crippen molar-refractivity contribution in [1.82, 2.24) is 15.0 Å². The number of carbonyl (C=O) groups is 1. The molecule has 8 nitrogen and oxygen atoms in total. The quantitative estimate of drug-likeness (QED) is 0.325. The molecule has 2 aliphatic rings. The van der Waals surface area contributed by atoms with Crippen molar-refractivity contribution in [3.63, 3.8) is 0 Å². The molecule has 2 bridgehead atoms. The van der Waals surface area contributed by atoms with Crippen molar-refractivity contribution in [2.45, 2.75) is 12.5 Å². The average molecular weight is 483 g/mol. The number of nitrogens with zero attached hydrogens (tertiary/aromatic N) is 3. The predicted octanol–water partition coefficient (Wildman–Crippen LogP) is 4.77. The van der Waals surface area contributed by atoms with Gasteiger partial charge in [-0.15, -0.1) is 0 Å². The molecule has 0 saturated heterocycles. The number of hydrogen-bond donors (Lipinski definition) is 3. The van der Waals surface area contributed by atoms with Gasteiger partial charge in [-0.25, -0.2) is 14.4 Å². The van der Waals surface area contributed by atoms with Crippen LogP contribution in [0.3, 0.4) is 0 Å². The molecule has 0 aliphatic heterocycles. The molecule has 1 amide bonds. The van der Waals surface area contributed by atoms with Crippen LogP contribution in [0.4, 0.5) is 21.8 Å². The normalized spacial score (nSPS) is 22.0. The lowest BCUT2D eigenvalue weighted by atomic mass is 9.88. The summed E-state index contributed by atoms with van der Waals surface area (Å²) in [5.74, 6) is 0.730. The topological polar surface area (TPSA) is 119 Å². The zero-order chi connectivity index (χ0) is 24.6. The fourth-order valence-corrected chi connectivity index (χ4v) is 5.22. The largest absolute Gasteiger partial charge is 0.444 e. The van der Waals surface area contributed by atoms with Crippen LogP contribution in [0.15, 0.2) is 83.9 Å². The number of anilines is 3. The van der Waals surface area contributed by atoms with E-state index < -0.39 is 0 Å². The van der Waals surface area contributed by atoms with Gasteiger partial charge >= 0.3 is 0 Å². The Morgan fingerprint density at radius 1 is 1.06 bits per heavy atom. The molecule has 1 fully saturated rings. The lowest BCUT2D eigenvalue weighted by molar-refractivity contribution is -0.122. The molecule has 36 heavy (non-hydrogen) atoms. The van der Waals surface area contributed by atoms with Crippen LogP contribution in [0, 0.1) is 23.6 Å². The van der Waals surface area contributed by atoms with Crippen molar-refractivity contribution in [2.24, 2.45) is 23.5 Å². The second kappa shape index (κ2) is 8.92. The van der Waals surface area contributed by atoms with Gasteiger partial charge in [-0.1, -0.05) is 36.4 Å². The third-order valence-corrected chi connectivity index (χ3v) is 6.85. The van der Waals surface area contributed by atoms with Crippen molar-refractivity contribution >= 4 is 23.4 Å². The summed E-state index contributed by atoms with van der Waals surface area (Å²) in [5.41, 5.74) is 8.63. The summed E-state index contributed by atoms with van der Waals surface area (Å²) in [6, 6.07) is 13.7. The highest BCUT2D eigenvalue weighted by Gasteiger charge is 2.47. The van der Waals surface area contributed by atoms with Crippen molar-refractivity contribution in [2.75, 3.05) is 10.6 Å². The van der Waals surface area contributed by atoms with Crippen LogP contribution in [-0.4, -0.2) is 26.9 Å². The second-order valence-corrected chi connectivity index (χ2v) is 9.08. The predicted molar refractivity (Wildman–Crippen MR) is 133 cm³/mol. The average Bonchev–Trinajstić information content (AvgIpc) is 3.63. The van der Waals surface area contributed by atoms with Crippen LogP contribution >= 0.6 is 0 Å². The molecule has 2 heterocycles. The summed E-state index contributed by atoms with van der Waals surface area (Å²) in [5, 5.41) is 6.69. The molecule has 4 aromatic rings. The second-order valence-electron chi connectivity index (χ2n) is 9.08. The fraction of sp³-hybridized carbons (Fsp3) is 0.185. The third-order valence-electron chi connectivity index (χ3n) is 6.85. The maximum absolute atomic E-state index is 14.0. The number of allylic oxidation sites excluding steroid dienone is 1. The number of rotatable bonds is 7. The Morgan fingerprint density at radius 3 is 2.69 bits per heavy atom. The number of aromatic nitrogens is 3. The molecule has 0 radical (unpaired) electrons. The number of oxazole rings is 1. The summed E-state index contributed by atoms with van der Waals surface area (Å²) < 4.78 is 19.4. The van der Waals surface area contributed by atoms with Crippen molar-refractivity contribution in [1.29, 1.82) is 0 Å². The van der Waals surface area contributed by atoms with Crippen molar-refractivity contribution in [3.8, 4) is 22.5 Å². The standard InChI is InChI=1S/C27H23FN6O2/c28-19-5-1-3-15(10-19)21-12-31-27(32-20-6-2-4-16(11-20)22-13-30-14-36-22)34-26(21)33-24-18-8-7-17(9-18)23(24)25(29)35/h1-8,10-14,17-18,23-24H,9H2,(H2,29,35)(H2,31,32,33,34)/t17-,18+,23+,24-/m1/s1. The molecule has 4 N–H and O–H groups in total. The lowest BCUT2D eigenvalue weighted by Gasteiger charge is -2.28. The molecule has 6 rings (SSSR count). The number of amides is 1. The van der Waals surface area contributed by atoms with E-state index in [1.54, 1.807) is 24.5 Å². The van der Waals surface area contributed by atoms with Gasteiger partial charge < -0.3 is 20.8 Å². The van der Waals surface area contributed by atoms with Crippen LogP contribution in [0.2, 0.25) is 0 Å². The molecule has 2 aromatic heterocycles. The van der Waals surface area contributed by atoms with Gasteiger partial charge in [0.1, 0.15) is 11.6 Å². The Labute approximate surface area is 206 Å². The van der Waals surface area contributed by atoms with E-state index in [1.165, 1.54) is 18.5 Å². The number of fused-ring (bicyclic) bond motifs is 2. The molecule has 1 saturated carbocycles. The molecule has 2 aliphatic carbocycles. The van der Waals surface area contributed by atoms with Crippen LogP contribution < -0.4 is 16.4 Å². The highest BCUT2D eigenvalue weighted by molar-refractivity contribution is 5.81. The Hall–Kier alpha value is -4.53. The minimum atomic E-state index is -0.359. The first kappa shape index (κ1) is 22.0. The van der Waals surface area contributed by atoms with Gasteiger partial charge in [0.2, 0.25) is 11.9 Å². The van der Waals surface area contributed by atoms with Gasteiger partial charge in [0.25, 0.3) is 0 Å². The number of hydrogen-bond acceptors (Lipinski definition) is 7. The van der Waals surface area contributed by atoms with E-state index in [-0.39, 0.29) is 35.5 Å². The van der Waals surface area contributed by atoms with Crippen LogP contribution in [0.5, 0.6) is 0 Å². The lowest BCUT2D eigenvalue weighted by Crippen LogP contribution is -2.41. The fourth-order valence-electron chi connectivity index (χ4n) is 5.22. The van der Waals surface area contributed by atoms with Crippen LogP contribution in [-0.2, 0) is 4.79 Å².